The Kier molecular flexibility index (Phi) is 5.40. The lowest BCUT2D eigenvalue weighted by Crippen LogP contribution is -2.31. The molecule has 2 aromatic carbocycles. The molecule has 5 nitrogen and oxygen atoms in total. The smallest absolute Gasteiger partial charge is 0.248 e. The van der Waals surface area contributed by atoms with Gasteiger partial charge in [0.15, 0.2) is 5.11 Å². The minimum atomic E-state index is 0.107. The zero-order valence-electron chi connectivity index (χ0n) is 14.3. The number of benzene rings is 2. The maximum Gasteiger partial charge on any atom is 0.248 e. The van der Waals surface area contributed by atoms with Crippen LogP contribution >= 0.6 is 12.2 Å². The Labute approximate surface area is 153 Å². The highest BCUT2D eigenvalue weighted by Gasteiger charge is 2.08. The second-order valence-electron chi connectivity index (χ2n) is 5.99. The molecule has 1 aromatic heterocycles. The summed E-state index contributed by atoms with van der Waals surface area (Å²) < 4.78 is 1.79. The summed E-state index contributed by atoms with van der Waals surface area (Å²) in [4.78, 5) is 4.27. The van der Waals surface area contributed by atoms with E-state index in [1.54, 1.807) is 11.0 Å². The number of rotatable bonds is 5. The molecule has 0 fully saturated rings. The summed E-state index contributed by atoms with van der Waals surface area (Å²) in [6, 6.07) is 18.6. The van der Waals surface area contributed by atoms with Gasteiger partial charge < -0.3 is 5.32 Å². The van der Waals surface area contributed by atoms with Gasteiger partial charge >= 0.3 is 0 Å². The van der Waals surface area contributed by atoms with Crippen LogP contribution in [0.5, 0.6) is 0 Å². The summed E-state index contributed by atoms with van der Waals surface area (Å²) in [5.41, 5.74) is 3.59. The minimum Gasteiger partial charge on any atom is -0.356 e. The Morgan fingerprint density at radius 3 is 2.72 bits per heavy atom. The lowest BCUT2D eigenvalue weighted by atomic mass is 10.1. The quantitative estimate of drug-likeness (QED) is 0.687. The molecule has 25 heavy (non-hydrogen) atoms. The average Bonchev–Trinajstić information content (AvgIpc) is 3.02. The molecule has 128 valence electrons. The molecule has 0 aliphatic heterocycles. The van der Waals surface area contributed by atoms with Crippen molar-refractivity contribution in [3.8, 4) is 0 Å². The molecular formula is C19H21N5S. The Morgan fingerprint density at radius 1 is 1.16 bits per heavy atom. The van der Waals surface area contributed by atoms with Crippen molar-refractivity contribution >= 4 is 23.3 Å². The molecule has 0 radical (unpaired) electrons. The van der Waals surface area contributed by atoms with Gasteiger partial charge in [0.1, 0.15) is 6.33 Å². The molecule has 3 aromatic rings. The van der Waals surface area contributed by atoms with E-state index >= 15 is 0 Å². The van der Waals surface area contributed by atoms with Gasteiger partial charge in [-0.15, -0.1) is 5.10 Å². The van der Waals surface area contributed by atoms with E-state index in [0.29, 0.717) is 17.6 Å². The minimum absolute atomic E-state index is 0.107. The first-order chi connectivity index (χ1) is 12.1. The van der Waals surface area contributed by atoms with Crippen LogP contribution in [-0.2, 0) is 6.54 Å². The Balaban J connectivity index is 1.56. The number of anilines is 1. The van der Waals surface area contributed by atoms with Gasteiger partial charge in [-0.3, -0.25) is 5.32 Å². The van der Waals surface area contributed by atoms with E-state index < -0.39 is 0 Å². The van der Waals surface area contributed by atoms with Crippen molar-refractivity contribution in [1.82, 2.24) is 20.1 Å². The van der Waals surface area contributed by atoms with Gasteiger partial charge in [0, 0.05) is 0 Å². The predicted molar refractivity (Wildman–Crippen MR) is 105 cm³/mol. The first-order valence-corrected chi connectivity index (χ1v) is 8.58. The highest BCUT2D eigenvalue weighted by molar-refractivity contribution is 7.80. The van der Waals surface area contributed by atoms with E-state index in [-0.39, 0.29) is 6.04 Å². The van der Waals surface area contributed by atoms with Crippen LogP contribution in [0.15, 0.2) is 60.9 Å². The molecule has 2 N–H and O–H groups in total. The molecular weight excluding hydrogens is 330 g/mol. The molecule has 6 heteroatoms. The number of aromatic nitrogens is 3. The third kappa shape index (κ3) is 4.87. The predicted octanol–water partition coefficient (Wildman–Crippen LogP) is 3.68. The fourth-order valence-corrected chi connectivity index (χ4v) is 2.85. The molecule has 0 aliphatic rings. The van der Waals surface area contributed by atoms with Gasteiger partial charge in [0.05, 0.1) is 12.6 Å². The first-order valence-electron chi connectivity index (χ1n) is 8.17. The van der Waals surface area contributed by atoms with Crippen molar-refractivity contribution < 1.29 is 0 Å². The van der Waals surface area contributed by atoms with Crippen LogP contribution in [0.4, 0.5) is 5.95 Å². The number of hydrogen-bond acceptors (Lipinski definition) is 3. The van der Waals surface area contributed by atoms with Crippen LogP contribution in [0, 0.1) is 6.92 Å². The standard InChI is InChI=1S/C19H21N5S/c1-14-7-6-8-16(11-14)12-24-13-20-18(23-24)22-19(25)21-15(2)17-9-4-3-5-10-17/h3-11,13,15H,12H2,1-2H3,(H2,21,22,23,25). The van der Waals surface area contributed by atoms with Crippen LogP contribution in [-0.4, -0.2) is 19.9 Å². The summed E-state index contributed by atoms with van der Waals surface area (Å²) in [5.74, 6) is 0.491. The number of nitrogens with zero attached hydrogens (tertiary/aromatic N) is 3. The average molecular weight is 351 g/mol. The van der Waals surface area contributed by atoms with Gasteiger partial charge in [0.25, 0.3) is 0 Å². The Bertz CT molecular complexity index is 844. The van der Waals surface area contributed by atoms with Crippen molar-refractivity contribution in [2.24, 2.45) is 0 Å². The van der Waals surface area contributed by atoms with Gasteiger partial charge in [0.2, 0.25) is 5.95 Å². The van der Waals surface area contributed by atoms with E-state index in [9.17, 15) is 0 Å². The second kappa shape index (κ2) is 7.90. The third-order valence-corrected chi connectivity index (χ3v) is 4.06. The van der Waals surface area contributed by atoms with Gasteiger partial charge in [-0.05, 0) is 37.2 Å². The summed E-state index contributed by atoms with van der Waals surface area (Å²) >= 11 is 5.36. The van der Waals surface area contributed by atoms with Crippen LogP contribution < -0.4 is 10.6 Å². The van der Waals surface area contributed by atoms with Crippen molar-refractivity contribution in [2.45, 2.75) is 26.4 Å². The summed E-state index contributed by atoms with van der Waals surface area (Å²) in [7, 11) is 0. The molecule has 0 bridgehead atoms. The molecule has 0 saturated heterocycles. The number of thiocarbonyl (C=S) groups is 1. The largest absolute Gasteiger partial charge is 0.356 e. The van der Waals surface area contributed by atoms with Crippen LogP contribution in [0.2, 0.25) is 0 Å². The first kappa shape index (κ1) is 17.1. The van der Waals surface area contributed by atoms with Crippen LogP contribution in [0.3, 0.4) is 0 Å². The molecule has 1 heterocycles. The van der Waals surface area contributed by atoms with E-state index in [1.807, 2.05) is 24.3 Å². The van der Waals surface area contributed by atoms with Gasteiger partial charge in [-0.1, -0.05) is 60.2 Å². The molecule has 0 amide bonds. The maximum absolute atomic E-state index is 5.36. The van der Waals surface area contributed by atoms with Crippen LogP contribution in [0.1, 0.15) is 29.7 Å². The summed E-state index contributed by atoms with van der Waals surface area (Å²) in [6.07, 6.45) is 1.70. The number of nitrogens with one attached hydrogen (secondary N) is 2. The summed E-state index contributed by atoms with van der Waals surface area (Å²) in [6.45, 7) is 4.82. The van der Waals surface area contributed by atoms with E-state index in [1.165, 1.54) is 16.7 Å². The lowest BCUT2D eigenvalue weighted by Gasteiger charge is -2.16. The fourth-order valence-electron chi connectivity index (χ4n) is 2.58. The third-order valence-electron chi connectivity index (χ3n) is 3.84. The van der Waals surface area contributed by atoms with Gasteiger partial charge in [-0.2, -0.15) is 0 Å². The monoisotopic (exact) mass is 351 g/mol. The molecule has 0 saturated carbocycles. The topological polar surface area (TPSA) is 54.8 Å². The molecule has 3 rings (SSSR count). The highest BCUT2D eigenvalue weighted by Crippen LogP contribution is 2.11. The normalized spacial score (nSPS) is 11.8. The van der Waals surface area contributed by atoms with Crippen molar-refractivity contribution in [1.29, 1.82) is 0 Å². The SMILES string of the molecule is Cc1cccc(Cn2cnc(NC(=S)NC(C)c3ccccc3)n2)c1. The zero-order chi connectivity index (χ0) is 17.6. The van der Waals surface area contributed by atoms with Crippen molar-refractivity contribution in [3.05, 3.63) is 77.6 Å². The van der Waals surface area contributed by atoms with Gasteiger partial charge in [-0.25, -0.2) is 9.67 Å². The van der Waals surface area contributed by atoms with E-state index in [4.69, 9.17) is 12.2 Å². The Hall–Kier alpha value is -2.73. The van der Waals surface area contributed by atoms with Crippen LogP contribution in [0.25, 0.3) is 0 Å². The maximum atomic E-state index is 5.36. The Morgan fingerprint density at radius 2 is 1.96 bits per heavy atom. The summed E-state index contributed by atoms with van der Waals surface area (Å²) in [5, 5.41) is 11.2. The highest BCUT2D eigenvalue weighted by atomic mass is 32.1. The molecule has 1 unspecified atom stereocenters. The van der Waals surface area contributed by atoms with Crippen molar-refractivity contribution in [3.63, 3.8) is 0 Å². The fraction of sp³-hybridized carbons (Fsp3) is 0.211. The molecule has 1 atom stereocenters. The zero-order valence-corrected chi connectivity index (χ0v) is 15.1. The molecule has 0 spiro atoms. The van der Waals surface area contributed by atoms with E-state index in [0.717, 1.165) is 0 Å². The lowest BCUT2D eigenvalue weighted by molar-refractivity contribution is 0.686. The molecule has 0 aliphatic carbocycles. The second-order valence-corrected chi connectivity index (χ2v) is 6.39. The number of hydrogen-bond donors (Lipinski definition) is 2. The van der Waals surface area contributed by atoms with Crippen molar-refractivity contribution in [2.75, 3.05) is 5.32 Å². The number of aryl methyl sites for hydroxylation is 1. The van der Waals surface area contributed by atoms with E-state index in [2.05, 4.69) is 64.9 Å².